The molecule has 0 bridgehead atoms. The number of rotatable bonds is 8. The third-order valence-corrected chi connectivity index (χ3v) is 5.03. The first-order valence-electron chi connectivity index (χ1n) is 9.79. The summed E-state index contributed by atoms with van der Waals surface area (Å²) in [6.07, 6.45) is 1.65. The molecule has 1 saturated heterocycles. The van der Waals surface area contributed by atoms with Crippen molar-refractivity contribution >= 4 is 5.91 Å². The number of benzene rings is 2. The van der Waals surface area contributed by atoms with Crippen molar-refractivity contribution in [3.63, 3.8) is 0 Å². The number of aliphatic hydroxyl groups excluding tert-OH is 1. The van der Waals surface area contributed by atoms with Crippen molar-refractivity contribution in [1.29, 1.82) is 0 Å². The number of nitrogens with one attached hydrogen (secondary N) is 1. The largest absolute Gasteiger partial charge is 0.494 e. The zero-order valence-electron chi connectivity index (χ0n) is 16.6. The molecule has 2 N–H and O–H groups in total. The molecule has 0 radical (unpaired) electrons. The second-order valence-electron chi connectivity index (χ2n) is 7.06. The van der Waals surface area contributed by atoms with E-state index in [9.17, 15) is 9.18 Å². The Morgan fingerprint density at radius 1 is 1.21 bits per heavy atom. The lowest BCUT2D eigenvalue weighted by atomic mass is 10.0. The Morgan fingerprint density at radius 3 is 2.66 bits per heavy atom. The van der Waals surface area contributed by atoms with Crippen LogP contribution >= 0.6 is 0 Å². The van der Waals surface area contributed by atoms with E-state index in [0.29, 0.717) is 17.9 Å². The van der Waals surface area contributed by atoms with Crippen molar-refractivity contribution in [2.45, 2.75) is 25.4 Å². The Morgan fingerprint density at radius 2 is 1.97 bits per heavy atom. The van der Waals surface area contributed by atoms with Crippen LogP contribution in [0.15, 0.2) is 42.5 Å². The van der Waals surface area contributed by atoms with Crippen LogP contribution in [0.5, 0.6) is 11.5 Å². The summed E-state index contributed by atoms with van der Waals surface area (Å²) < 4.78 is 24.3. The van der Waals surface area contributed by atoms with Crippen molar-refractivity contribution in [2.24, 2.45) is 0 Å². The molecule has 29 heavy (non-hydrogen) atoms. The fraction of sp³-hybridized carbons (Fsp3) is 0.409. The van der Waals surface area contributed by atoms with Crippen molar-refractivity contribution < 1.29 is 23.8 Å². The third-order valence-electron chi connectivity index (χ3n) is 5.03. The zero-order chi connectivity index (χ0) is 20.6. The molecule has 1 fully saturated rings. The highest BCUT2D eigenvalue weighted by Crippen LogP contribution is 2.21. The van der Waals surface area contributed by atoms with E-state index < -0.39 is 0 Å². The lowest BCUT2D eigenvalue weighted by Gasteiger charge is -2.32. The van der Waals surface area contributed by atoms with E-state index in [-0.39, 0.29) is 36.7 Å². The van der Waals surface area contributed by atoms with Crippen LogP contribution in [-0.2, 0) is 6.54 Å². The number of carbonyl (C=O) groups excluding carboxylic acids is 1. The number of ether oxygens (including phenoxy) is 2. The summed E-state index contributed by atoms with van der Waals surface area (Å²) in [6, 6.07) is 12.1. The molecule has 0 atom stereocenters. The summed E-state index contributed by atoms with van der Waals surface area (Å²) in [5.74, 6) is 0.194. The Labute approximate surface area is 170 Å². The summed E-state index contributed by atoms with van der Waals surface area (Å²) in [6.45, 7) is 2.35. The molecular formula is C22H27FN2O4. The molecule has 1 amide bonds. The topological polar surface area (TPSA) is 71.0 Å². The highest BCUT2D eigenvalue weighted by Gasteiger charge is 2.22. The quantitative estimate of drug-likeness (QED) is 0.710. The van der Waals surface area contributed by atoms with Gasteiger partial charge in [-0.3, -0.25) is 9.69 Å². The number of amides is 1. The van der Waals surface area contributed by atoms with Gasteiger partial charge in [0, 0.05) is 25.7 Å². The maximum absolute atomic E-state index is 13.9. The number of aliphatic hydroxyl groups is 1. The minimum absolute atomic E-state index is 0.0808. The van der Waals surface area contributed by atoms with Gasteiger partial charge in [0.2, 0.25) is 0 Å². The summed E-state index contributed by atoms with van der Waals surface area (Å²) in [7, 11) is 1.45. The maximum Gasteiger partial charge on any atom is 0.255 e. The minimum atomic E-state index is -0.353. The van der Waals surface area contributed by atoms with Crippen LogP contribution in [0.3, 0.4) is 0 Å². The Balaban J connectivity index is 1.51. The minimum Gasteiger partial charge on any atom is -0.494 e. The van der Waals surface area contributed by atoms with Gasteiger partial charge in [-0.2, -0.15) is 0 Å². The molecule has 1 aliphatic rings. The molecule has 3 rings (SSSR count). The van der Waals surface area contributed by atoms with Crippen molar-refractivity contribution in [3.8, 4) is 11.5 Å². The SMILES string of the molecule is COc1ccc(CN2CCC(NC(=O)c3ccccc3OCCO)CC2)cc1F. The number of para-hydroxylation sites is 1. The van der Waals surface area contributed by atoms with E-state index in [4.69, 9.17) is 14.6 Å². The molecular weight excluding hydrogens is 375 g/mol. The van der Waals surface area contributed by atoms with E-state index in [2.05, 4.69) is 10.2 Å². The first-order chi connectivity index (χ1) is 14.1. The smallest absolute Gasteiger partial charge is 0.255 e. The van der Waals surface area contributed by atoms with Crippen LogP contribution in [0, 0.1) is 5.82 Å². The van der Waals surface area contributed by atoms with Gasteiger partial charge in [-0.1, -0.05) is 18.2 Å². The van der Waals surface area contributed by atoms with Gasteiger partial charge in [0.05, 0.1) is 19.3 Å². The number of hydrogen-bond acceptors (Lipinski definition) is 5. The normalized spacial score (nSPS) is 15.1. The van der Waals surface area contributed by atoms with Gasteiger partial charge in [0.15, 0.2) is 11.6 Å². The lowest BCUT2D eigenvalue weighted by molar-refractivity contribution is 0.0903. The number of halogens is 1. The monoisotopic (exact) mass is 402 g/mol. The summed E-state index contributed by atoms with van der Waals surface area (Å²) in [4.78, 5) is 14.9. The highest BCUT2D eigenvalue weighted by atomic mass is 19.1. The van der Waals surface area contributed by atoms with E-state index in [1.54, 1.807) is 30.3 Å². The average molecular weight is 402 g/mol. The Hall–Kier alpha value is -2.64. The van der Waals surface area contributed by atoms with Crippen LogP contribution in [0.1, 0.15) is 28.8 Å². The van der Waals surface area contributed by atoms with Gasteiger partial charge in [-0.25, -0.2) is 4.39 Å². The number of methoxy groups -OCH3 is 1. The van der Waals surface area contributed by atoms with Gasteiger partial charge in [0.1, 0.15) is 12.4 Å². The first kappa shape index (κ1) is 21.1. The second kappa shape index (κ2) is 10.2. The number of nitrogens with zero attached hydrogens (tertiary/aromatic N) is 1. The number of carbonyl (C=O) groups is 1. The molecule has 6 nitrogen and oxygen atoms in total. The second-order valence-corrected chi connectivity index (χ2v) is 7.06. The summed E-state index contributed by atoms with van der Waals surface area (Å²) in [5.41, 5.74) is 1.37. The maximum atomic E-state index is 13.9. The molecule has 1 heterocycles. The van der Waals surface area contributed by atoms with Gasteiger partial charge >= 0.3 is 0 Å². The van der Waals surface area contributed by atoms with Crippen LogP contribution < -0.4 is 14.8 Å². The average Bonchev–Trinajstić information content (AvgIpc) is 2.74. The van der Waals surface area contributed by atoms with E-state index >= 15 is 0 Å². The van der Waals surface area contributed by atoms with Gasteiger partial charge in [-0.05, 0) is 42.7 Å². The standard InChI is InChI=1S/C22H27FN2O4/c1-28-21-7-6-16(14-19(21)23)15-25-10-8-17(9-11-25)24-22(27)18-4-2-3-5-20(18)29-13-12-26/h2-7,14,17,26H,8-13,15H2,1H3,(H,24,27). The van der Waals surface area contributed by atoms with Crippen LogP contribution in [-0.4, -0.2) is 55.4 Å². The molecule has 0 saturated carbocycles. The van der Waals surface area contributed by atoms with E-state index in [0.717, 1.165) is 31.5 Å². The Bertz CT molecular complexity index is 822. The van der Waals surface area contributed by atoms with Crippen LogP contribution in [0.4, 0.5) is 4.39 Å². The lowest BCUT2D eigenvalue weighted by Crippen LogP contribution is -2.44. The predicted octanol–water partition coefficient (Wildman–Crippen LogP) is 2.60. The zero-order valence-corrected chi connectivity index (χ0v) is 16.6. The molecule has 0 spiro atoms. The number of hydrogen-bond donors (Lipinski definition) is 2. The fourth-order valence-electron chi connectivity index (χ4n) is 3.50. The summed E-state index contributed by atoms with van der Waals surface area (Å²) in [5, 5.41) is 12.0. The molecule has 2 aromatic rings. The van der Waals surface area contributed by atoms with Gasteiger partial charge in [-0.15, -0.1) is 0 Å². The van der Waals surface area contributed by atoms with Crippen molar-refractivity contribution in [1.82, 2.24) is 10.2 Å². The van der Waals surface area contributed by atoms with Crippen LogP contribution in [0.25, 0.3) is 0 Å². The van der Waals surface area contributed by atoms with E-state index in [1.807, 2.05) is 6.07 Å². The fourth-order valence-corrected chi connectivity index (χ4v) is 3.50. The molecule has 0 aromatic heterocycles. The van der Waals surface area contributed by atoms with Gasteiger partial charge < -0.3 is 19.9 Å². The molecule has 0 aliphatic carbocycles. The molecule has 0 unspecified atom stereocenters. The molecule has 156 valence electrons. The number of piperidine rings is 1. The molecule has 1 aliphatic heterocycles. The predicted molar refractivity (Wildman–Crippen MR) is 108 cm³/mol. The summed E-state index contributed by atoms with van der Waals surface area (Å²) >= 11 is 0. The van der Waals surface area contributed by atoms with E-state index in [1.165, 1.54) is 13.2 Å². The van der Waals surface area contributed by atoms with Gasteiger partial charge in [0.25, 0.3) is 5.91 Å². The first-order valence-corrected chi connectivity index (χ1v) is 9.79. The van der Waals surface area contributed by atoms with Crippen molar-refractivity contribution in [2.75, 3.05) is 33.4 Å². The van der Waals surface area contributed by atoms with Crippen LogP contribution in [0.2, 0.25) is 0 Å². The highest BCUT2D eigenvalue weighted by molar-refractivity contribution is 5.97. The van der Waals surface area contributed by atoms with Crippen molar-refractivity contribution in [3.05, 3.63) is 59.4 Å². The number of likely N-dealkylation sites (tertiary alicyclic amines) is 1. The third kappa shape index (κ3) is 5.68. The molecule has 7 heteroatoms. The molecule has 2 aromatic carbocycles. The Kier molecular flexibility index (Phi) is 7.43.